The van der Waals surface area contributed by atoms with Gasteiger partial charge in [-0.05, 0) is 28.1 Å². The van der Waals surface area contributed by atoms with Gasteiger partial charge in [-0.15, -0.1) is 5.10 Å². The van der Waals surface area contributed by atoms with Crippen molar-refractivity contribution in [1.29, 1.82) is 0 Å². The Morgan fingerprint density at radius 2 is 2.00 bits per heavy atom. The van der Waals surface area contributed by atoms with E-state index >= 15 is 0 Å². The molecule has 1 rings (SSSR count). The van der Waals surface area contributed by atoms with Gasteiger partial charge in [0, 0.05) is 10.0 Å². The highest BCUT2D eigenvalue weighted by Gasteiger charge is 2.07. The third kappa shape index (κ3) is 3.60. The number of nitrogens with two attached hydrogens (primary N) is 1. The maximum atomic E-state index is 8.41. The van der Waals surface area contributed by atoms with Crippen LogP contribution in [-0.2, 0) is 0 Å². The molecule has 1 aromatic carbocycles. The molecule has 0 atom stereocenters. The fourth-order valence-electron chi connectivity index (χ4n) is 1.14. The van der Waals surface area contributed by atoms with Crippen molar-refractivity contribution in [3.05, 3.63) is 22.2 Å². The van der Waals surface area contributed by atoms with Crippen LogP contribution in [0.25, 0.3) is 0 Å². The fourth-order valence-corrected chi connectivity index (χ4v) is 1.57. The Kier molecular flexibility index (Phi) is 5.40. The number of nitrogens with one attached hydrogen (secondary N) is 1. The van der Waals surface area contributed by atoms with E-state index in [-0.39, 0.29) is 5.96 Å². The molecule has 0 spiro atoms. The van der Waals surface area contributed by atoms with Crippen molar-refractivity contribution in [2.45, 2.75) is 0 Å². The Labute approximate surface area is 112 Å². The van der Waals surface area contributed by atoms with Crippen molar-refractivity contribution < 1.29 is 14.7 Å². The highest BCUT2D eigenvalue weighted by atomic mass is 79.9. The number of hydrogen-bond donors (Lipinski definition) is 3. The van der Waals surface area contributed by atoms with Crippen molar-refractivity contribution >= 4 is 28.1 Å². The average Bonchev–Trinajstić information content (AvgIpc) is 2.39. The maximum Gasteiger partial charge on any atom is 0.237 e. The minimum atomic E-state index is -0.206. The number of hydrogen-bond acceptors (Lipinski definition) is 5. The van der Waals surface area contributed by atoms with E-state index in [1.807, 2.05) is 0 Å². The van der Waals surface area contributed by atoms with Crippen molar-refractivity contribution in [2.75, 3.05) is 14.2 Å². The predicted octanol–water partition coefficient (Wildman–Crippen LogP) is 1.09. The van der Waals surface area contributed by atoms with Gasteiger partial charge in [-0.2, -0.15) is 5.10 Å². The Morgan fingerprint density at radius 1 is 1.39 bits per heavy atom. The highest BCUT2D eigenvalue weighted by molar-refractivity contribution is 9.10. The monoisotopic (exact) mass is 316 g/mol. The van der Waals surface area contributed by atoms with Gasteiger partial charge in [-0.3, -0.25) is 5.21 Å². The second-order valence-electron chi connectivity index (χ2n) is 3.07. The van der Waals surface area contributed by atoms with Gasteiger partial charge in [-0.25, -0.2) is 5.48 Å². The molecule has 18 heavy (non-hydrogen) atoms. The summed E-state index contributed by atoms with van der Waals surface area (Å²) in [4.78, 5) is 0. The van der Waals surface area contributed by atoms with Crippen molar-refractivity contribution in [1.82, 2.24) is 5.48 Å². The van der Waals surface area contributed by atoms with E-state index in [2.05, 4.69) is 26.1 Å². The number of hydroxylamine groups is 1. The first-order valence-corrected chi connectivity index (χ1v) is 5.59. The molecule has 0 aliphatic heterocycles. The molecule has 0 fully saturated rings. The lowest BCUT2D eigenvalue weighted by molar-refractivity contribution is 0.232. The Balaban J connectivity index is 3.03. The van der Waals surface area contributed by atoms with Crippen molar-refractivity contribution in [2.24, 2.45) is 15.9 Å². The van der Waals surface area contributed by atoms with Crippen LogP contribution in [0.1, 0.15) is 5.56 Å². The van der Waals surface area contributed by atoms with Gasteiger partial charge in [0.1, 0.15) is 0 Å². The third-order valence-electron chi connectivity index (χ3n) is 1.98. The summed E-state index contributed by atoms with van der Waals surface area (Å²) < 4.78 is 11.1. The van der Waals surface area contributed by atoms with Crippen LogP contribution < -0.4 is 20.7 Å². The van der Waals surface area contributed by atoms with Crippen LogP contribution in [0, 0.1) is 0 Å². The molecular weight excluding hydrogens is 304 g/mol. The summed E-state index contributed by atoms with van der Waals surface area (Å²) in [6.45, 7) is 0. The second kappa shape index (κ2) is 6.82. The van der Waals surface area contributed by atoms with Gasteiger partial charge in [0.15, 0.2) is 11.5 Å². The number of nitrogens with zero attached hydrogens (tertiary/aromatic N) is 2. The number of benzene rings is 1. The van der Waals surface area contributed by atoms with Gasteiger partial charge < -0.3 is 15.2 Å². The van der Waals surface area contributed by atoms with Crippen LogP contribution in [0.5, 0.6) is 11.5 Å². The minimum Gasteiger partial charge on any atom is -0.493 e. The Bertz CT molecular complexity index is 476. The van der Waals surface area contributed by atoms with Gasteiger partial charge in [-0.1, -0.05) is 0 Å². The van der Waals surface area contributed by atoms with E-state index in [0.29, 0.717) is 11.5 Å². The second-order valence-corrected chi connectivity index (χ2v) is 3.92. The molecule has 0 aliphatic carbocycles. The molecule has 7 nitrogen and oxygen atoms in total. The molecule has 0 radical (unpaired) electrons. The van der Waals surface area contributed by atoms with E-state index in [9.17, 15) is 0 Å². The lowest BCUT2D eigenvalue weighted by Gasteiger charge is -2.09. The Hall–Kier alpha value is -1.80. The topological polar surface area (TPSA) is 101 Å². The largest absolute Gasteiger partial charge is 0.493 e. The number of guanidine groups is 1. The van der Waals surface area contributed by atoms with Gasteiger partial charge in [0.25, 0.3) is 0 Å². The van der Waals surface area contributed by atoms with Crippen LogP contribution in [0.3, 0.4) is 0 Å². The SMILES string of the molecule is COc1cc(Br)c(/C=N/N=C(/N)NO)cc1OC. The first-order valence-electron chi connectivity index (χ1n) is 4.80. The van der Waals surface area contributed by atoms with Crippen LogP contribution in [-0.4, -0.2) is 31.6 Å². The molecule has 0 unspecified atom stereocenters. The number of ether oxygens (including phenoxy) is 2. The van der Waals surface area contributed by atoms with Crippen LogP contribution in [0.15, 0.2) is 26.8 Å². The van der Waals surface area contributed by atoms with Gasteiger partial charge in [0.2, 0.25) is 5.96 Å². The summed E-state index contributed by atoms with van der Waals surface area (Å²) in [5.74, 6) is 0.962. The standard InChI is InChI=1S/C10H13BrN4O3/c1-17-8-3-6(5-13-14-10(12)15-16)7(11)4-9(8)18-2/h3-5,16H,1-2H3,(H3,12,14,15)/b13-5+. The molecule has 0 heterocycles. The summed E-state index contributed by atoms with van der Waals surface area (Å²) in [5.41, 5.74) is 7.58. The smallest absolute Gasteiger partial charge is 0.237 e. The van der Waals surface area contributed by atoms with Crippen LogP contribution >= 0.6 is 15.9 Å². The zero-order valence-corrected chi connectivity index (χ0v) is 11.4. The Morgan fingerprint density at radius 3 is 2.56 bits per heavy atom. The summed E-state index contributed by atoms with van der Waals surface area (Å²) >= 11 is 3.36. The third-order valence-corrected chi connectivity index (χ3v) is 2.67. The molecular formula is C10H13BrN4O3. The molecule has 8 heteroatoms. The van der Waals surface area contributed by atoms with Crippen molar-refractivity contribution in [3.63, 3.8) is 0 Å². The van der Waals surface area contributed by atoms with E-state index < -0.39 is 0 Å². The molecule has 0 aromatic heterocycles. The first-order chi connectivity index (χ1) is 8.62. The van der Waals surface area contributed by atoms with Crippen molar-refractivity contribution in [3.8, 4) is 11.5 Å². The fraction of sp³-hybridized carbons (Fsp3) is 0.200. The molecule has 0 saturated carbocycles. The normalized spacial score (nSPS) is 11.7. The number of halogens is 1. The van der Waals surface area contributed by atoms with Gasteiger partial charge >= 0.3 is 0 Å². The predicted molar refractivity (Wildman–Crippen MR) is 71.4 cm³/mol. The number of methoxy groups -OCH3 is 2. The zero-order valence-electron chi connectivity index (χ0n) is 9.85. The van der Waals surface area contributed by atoms with E-state index in [1.165, 1.54) is 6.21 Å². The molecule has 0 bridgehead atoms. The zero-order chi connectivity index (χ0) is 13.5. The number of rotatable bonds is 4. The summed E-state index contributed by atoms with van der Waals surface area (Å²) in [6.07, 6.45) is 1.45. The molecule has 0 saturated heterocycles. The molecule has 98 valence electrons. The summed E-state index contributed by atoms with van der Waals surface area (Å²) in [5, 5.41) is 15.6. The van der Waals surface area contributed by atoms with E-state index in [0.717, 1.165) is 10.0 Å². The summed E-state index contributed by atoms with van der Waals surface area (Å²) in [6, 6.07) is 3.47. The minimum absolute atomic E-state index is 0.206. The van der Waals surface area contributed by atoms with E-state index in [1.54, 1.807) is 31.8 Å². The maximum absolute atomic E-state index is 8.41. The van der Waals surface area contributed by atoms with Gasteiger partial charge in [0.05, 0.1) is 20.4 Å². The quantitative estimate of drug-likeness (QED) is 0.438. The van der Waals surface area contributed by atoms with E-state index in [4.69, 9.17) is 20.4 Å². The first kappa shape index (κ1) is 14.3. The summed E-state index contributed by atoms with van der Waals surface area (Å²) in [7, 11) is 3.09. The lowest BCUT2D eigenvalue weighted by atomic mass is 10.2. The van der Waals surface area contributed by atoms with Crippen LogP contribution in [0.2, 0.25) is 0 Å². The molecule has 1 aromatic rings. The molecule has 0 amide bonds. The lowest BCUT2D eigenvalue weighted by Crippen LogP contribution is -2.27. The molecule has 0 aliphatic rings. The van der Waals surface area contributed by atoms with Crippen LogP contribution in [0.4, 0.5) is 0 Å². The highest BCUT2D eigenvalue weighted by Crippen LogP contribution is 2.32. The molecule has 4 N–H and O–H groups in total. The average molecular weight is 317 g/mol.